The number of carbonyl (C=O) groups excluding carboxylic acids is 2. The Morgan fingerprint density at radius 2 is 1.64 bits per heavy atom. The van der Waals surface area contributed by atoms with Crippen LogP contribution < -0.4 is 10.4 Å². The van der Waals surface area contributed by atoms with Crippen molar-refractivity contribution < 1.29 is 32.3 Å². The van der Waals surface area contributed by atoms with E-state index in [1.807, 2.05) is 0 Å². The number of anilines is 1. The summed E-state index contributed by atoms with van der Waals surface area (Å²) in [7, 11) is 0. The van der Waals surface area contributed by atoms with E-state index in [0.29, 0.717) is 5.39 Å². The van der Waals surface area contributed by atoms with E-state index in [2.05, 4.69) is 5.32 Å². The first-order valence-corrected chi connectivity index (χ1v) is 6.99. The quantitative estimate of drug-likeness (QED) is 0.789. The summed E-state index contributed by atoms with van der Waals surface area (Å²) in [6.45, 7) is 0. The van der Waals surface area contributed by atoms with Crippen LogP contribution in [0.1, 0.15) is 26.5 Å². The Bertz CT molecular complexity index is 958. The fourth-order valence-electron chi connectivity index (χ4n) is 2.31. The molecule has 0 unspecified atom stereocenters. The lowest BCUT2D eigenvalue weighted by atomic mass is 10.1. The SMILES string of the molecule is O=C(Nc1c(C(=O)[O-])oc2ccccc12)c1ccc(C(F)(F)F)cc1. The van der Waals surface area contributed by atoms with E-state index in [1.165, 1.54) is 12.1 Å². The minimum Gasteiger partial charge on any atom is -0.541 e. The highest BCUT2D eigenvalue weighted by molar-refractivity contribution is 6.13. The number of benzene rings is 2. The molecule has 3 rings (SSSR count). The van der Waals surface area contributed by atoms with Crippen molar-refractivity contribution >= 4 is 28.5 Å². The van der Waals surface area contributed by atoms with Gasteiger partial charge in [-0.2, -0.15) is 13.2 Å². The third-order valence-corrected chi connectivity index (χ3v) is 3.49. The van der Waals surface area contributed by atoms with Gasteiger partial charge < -0.3 is 19.6 Å². The van der Waals surface area contributed by atoms with Crippen LogP contribution in [0.3, 0.4) is 0 Å². The number of alkyl halides is 3. The maximum atomic E-state index is 12.6. The number of aromatic carboxylic acids is 1. The Labute approximate surface area is 138 Å². The molecule has 1 amide bonds. The van der Waals surface area contributed by atoms with Crippen molar-refractivity contribution in [3.05, 3.63) is 65.4 Å². The zero-order valence-corrected chi connectivity index (χ0v) is 12.4. The maximum Gasteiger partial charge on any atom is 0.416 e. The van der Waals surface area contributed by atoms with Gasteiger partial charge in [0, 0.05) is 10.9 Å². The second-order valence-corrected chi connectivity index (χ2v) is 5.12. The zero-order valence-electron chi connectivity index (χ0n) is 12.4. The Kier molecular flexibility index (Phi) is 3.96. The van der Waals surface area contributed by atoms with Crippen molar-refractivity contribution in [3.63, 3.8) is 0 Å². The molecule has 0 atom stereocenters. The monoisotopic (exact) mass is 348 g/mol. The van der Waals surface area contributed by atoms with Crippen molar-refractivity contribution in [3.8, 4) is 0 Å². The van der Waals surface area contributed by atoms with Crippen molar-refractivity contribution in [2.45, 2.75) is 6.18 Å². The number of furan rings is 1. The second-order valence-electron chi connectivity index (χ2n) is 5.12. The third kappa shape index (κ3) is 3.18. The van der Waals surface area contributed by atoms with Crippen LogP contribution in [-0.4, -0.2) is 11.9 Å². The first-order valence-electron chi connectivity index (χ1n) is 6.99. The number of hydrogen-bond acceptors (Lipinski definition) is 4. The van der Waals surface area contributed by atoms with E-state index in [0.717, 1.165) is 24.3 Å². The molecule has 0 spiro atoms. The molecule has 5 nitrogen and oxygen atoms in total. The predicted molar refractivity (Wildman–Crippen MR) is 79.9 cm³/mol. The highest BCUT2D eigenvalue weighted by Gasteiger charge is 2.30. The summed E-state index contributed by atoms with van der Waals surface area (Å²) in [4.78, 5) is 23.4. The average Bonchev–Trinajstić information content (AvgIpc) is 2.93. The topological polar surface area (TPSA) is 82.4 Å². The van der Waals surface area contributed by atoms with E-state index >= 15 is 0 Å². The lowest BCUT2D eigenvalue weighted by Crippen LogP contribution is -2.24. The smallest absolute Gasteiger partial charge is 0.416 e. The predicted octanol–water partition coefficient (Wildman–Crippen LogP) is 3.07. The summed E-state index contributed by atoms with van der Waals surface area (Å²) in [5, 5.41) is 13.9. The molecule has 3 aromatic rings. The number of rotatable bonds is 3. The molecule has 2 aromatic carbocycles. The van der Waals surface area contributed by atoms with Crippen LogP contribution in [0.2, 0.25) is 0 Å². The summed E-state index contributed by atoms with van der Waals surface area (Å²) in [5.74, 6) is -2.97. The molecule has 1 heterocycles. The van der Waals surface area contributed by atoms with Gasteiger partial charge in [0.1, 0.15) is 11.6 Å². The molecular formula is C17H9F3NO4-. The highest BCUT2D eigenvalue weighted by atomic mass is 19.4. The van der Waals surface area contributed by atoms with Gasteiger partial charge in [-0.05, 0) is 36.4 Å². The standard InChI is InChI=1S/C17H10F3NO4/c18-17(19,20)10-7-5-9(6-8-10)15(22)21-13-11-3-1-2-4-12(11)25-14(13)16(23)24/h1-8H,(H,21,22)(H,23,24)/p-1. The van der Waals surface area contributed by atoms with Gasteiger partial charge >= 0.3 is 6.18 Å². The van der Waals surface area contributed by atoms with E-state index in [-0.39, 0.29) is 16.8 Å². The first-order chi connectivity index (χ1) is 11.8. The maximum absolute atomic E-state index is 12.6. The Hall–Kier alpha value is -3.29. The molecule has 0 radical (unpaired) electrons. The molecule has 128 valence electrons. The molecule has 0 aliphatic heterocycles. The van der Waals surface area contributed by atoms with E-state index in [1.54, 1.807) is 12.1 Å². The molecule has 0 fully saturated rings. The van der Waals surface area contributed by atoms with Crippen LogP contribution in [-0.2, 0) is 6.18 Å². The number of fused-ring (bicyclic) bond motifs is 1. The van der Waals surface area contributed by atoms with Crippen LogP contribution >= 0.6 is 0 Å². The largest absolute Gasteiger partial charge is 0.541 e. The highest BCUT2D eigenvalue weighted by Crippen LogP contribution is 2.32. The first kappa shape index (κ1) is 16.6. The van der Waals surface area contributed by atoms with Crippen molar-refractivity contribution in [2.24, 2.45) is 0 Å². The minimum absolute atomic E-state index is 0.0671. The van der Waals surface area contributed by atoms with Gasteiger partial charge in [0.25, 0.3) is 5.91 Å². The second kappa shape index (κ2) is 5.97. The minimum atomic E-state index is -4.52. The average molecular weight is 348 g/mol. The zero-order chi connectivity index (χ0) is 18.2. The van der Waals surface area contributed by atoms with E-state index in [9.17, 15) is 27.9 Å². The third-order valence-electron chi connectivity index (χ3n) is 3.49. The fourth-order valence-corrected chi connectivity index (χ4v) is 2.31. The Morgan fingerprint density at radius 1 is 1.00 bits per heavy atom. The van der Waals surface area contributed by atoms with Crippen LogP contribution in [0.5, 0.6) is 0 Å². The summed E-state index contributed by atoms with van der Waals surface area (Å²) in [6.07, 6.45) is -4.52. The van der Waals surface area contributed by atoms with Gasteiger partial charge in [0.15, 0.2) is 5.76 Å². The normalized spacial score (nSPS) is 11.5. The number of hydrogen-bond donors (Lipinski definition) is 1. The molecule has 1 N–H and O–H groups in total. The molecule has 0 aliphatic rings. The summed E-state index contributed by atoms with van der Waals surface area (Å²) in [6, 6.07) is 9.81. The van der Waals surface area contributed by atoms with E-state index < -0.39 is 29.4 Å². The number of nitrogens with one attached hydrogen (secondary N) is 1. The molecule has 8 heteroatoms. The Morgan fingerprint density at radius 3 is 2.24 bits per heavy atom. The molecule has 0 bridgehead atoms. The summed E-state index contributed by atoms with van der Waals surface area (Å²) in [5.41, 5.74) is -0.847. The van der Waals surface area contributed by atoms with Crippen molar-refractivity contribution in [1.29, 1.82) is 0 Å². The number of carbonyl (C=O) groups is 2. The molecule has 0 aliphatic carbocycles. The number of carboxylic acids is 1. The number of carboxylic acid groups (broad SMARTS) is 1. The number of amides is 1. The van der Waals surface area contributed by atoms with Crippen LogP contribution in [0.25, 0.3) is 11.0 Å². The van der Waals surface area contributed by atoms with Gasteiger partial charge in [-0.3, -0.25) is 4.79 Å². The van der Waals surface area contributed by atoms with Gasteiger partial charge in [0.2, 0.25) is 0 Å². The van der Waals surface area contributed by atoms with Gasteiger partial charge in [0.05, 0.1) is 11.3 Å². The van der Waals surface area contributed by atoms with Crippen LogP contribution in [0.4, 0.5) is 18.9 Å². The lowest BCUT2D eigenvalue weighted by molar-refractivity contribution is -0.256. The van der Waals surface area contributed by atoms with Crippen LogP contribution in [0.15, 0.2) is 52.9 Å². The van der Waals surface area contributed by atoms with Crippen LogP contribution in [0, 0.1) is 0 Å². The number of para-hydroxylation sites is 1. The Balaban J connectivity index is 1.94. The molecule has 0 saturated heterocycles. The van der Waals surface area contributed by atoms with E-state index in [4.69, 9.17) is 4.42 Å². The van der Waals surface area contributed by atoms with Gasteiger partial charge in [-0.25, -0.2) is 0 Å². The lowest BCUT2D eigenvalue weighted by Gasteiger charge is -2.09. The van der Waals surface area contributed by atoms with Gasteiger partial charge in [-0.1, -0.05) is 12.1 Å². The summed E-state index contributed by atoms with van der Waals surface area (Å²) >= 11 is 0. The molecule has 25 heavy (non-hydrogen) atoms. The van der Waals surface area contributed by atoms with Gasteiger partial charge in [-0.15, -0.1) is 0 Å². The summed E-state index contributed by atoms with van der Waals surface area (Å²) < 4.78 is 42.8. The number of halogens is 3. The van der Waals surface area contributed by atoms with Crippen molar-refractivity contribution in [2.75, 3.05) is 5.32 Å². The van der Waals surface area contributed by atoms with Crippen molar-refractivity contribution in [1.82, 2.24) is 0 Å². The molecular weight excluding hydrogens is 339 g/mol. The fraction of sp³-hybridized carbons (Fsp3) is 0.0588. The molecule has 0 saturated carbocycles. The molecule has 1 aromatic heterocycles.